The lowest BCUT2D eigenvalue weighted by molar-refractivity contribution is 0.422. The first-order valence-corrected chi connectivity index (χ1v) is 5.39. The monoisotopic (exact) mass is 194 g/mol. The van der Waals surface area contributed by atoms with Crippen LogP contribution in [0.3, 0.4) is 0 Å². The van der Waals surface area contributed by atoms with E-state index in [1.807, 2.05) is 6.33 Å². The molecule has 78 valence electrons. The Hall–Kier alpha value is -0.900. The molecule has 0 amide bonds. The molecule has 1 aromatic heterocycles. The Kier molecular flexibility index (Phi) is 2.82. The Bertz CT molecular complexity index is 286. The van der Waals surface area contributed by atoms with Crippen LogP contribution in [-0.4, -0.2) is 27.9 Å². The smallest absolute Gasteiger partial charge is 0.137 e. The fraction of sp³-hybridized carbons (Fsp3) is 0.800. The van der Waals surface area contributed by atoms with Crippen LogP contribution in [0.2, 0.25) is 0 Å². The lowest BCUT2D eigenvalue weighted by atomic mass is 9.98. The summed E-state index contributed by atoms with van der Waals surface area (Å²) in [5, 5.41) is 11.6. The molecule has 0 aromatic carbocycles. The van der Waals surface area contributed by atoms with E-state index in [1.54, 1.807) is 0 Å². The fourth-order valence-electron chi connectivity index (χ4n) is 2.01. The van der Waals surface area contributed by atoms with Gasteiger partial charge in [0.15, 0.2) is 0 Å². The highest BCUT2D eigenvalue weighted by Crippen LogP contribution is 2.22. The van der Waals surface area contributed by atoms with Gasteiger partial charge in [0.05, 0.1) is 0 Å². The molecule has 2 heterocycles. The van der Waals surface area contributed by atoms with Gasteiger partial charge in [0, 0.05) is 18.5 Å². The first kappa shape index (κ1) is 9.65. The third-order valence-electron chi connectivity index (χ3n) is 2.82. The zero-order valence-corrected chi connectivity index (χ0v) is 8.90. The van der Waals surface area contributed by atoms with Crippen molar-refractivity contribution < 1.29 is 0 Å². The predicted octanol–water partition coefficient (Wildman–Crippen LogP) is 1.33. The van der Waals surface area contributed by atoms with Crippen LogP contribution in [-0.2, 0) is 0 Å². The quantitative estimate of drug-likeness (QED) is 0.772. The molecule has 2 rings (SSSR count). The third-order valence-corrected chi connectivity index (χ3v) is 2.82. The van der Waals surface area contributed by atoms with Crippen LogP contribution in [0.5, 0.6) is 0 Å². The van der Waals surface area contributed by atoms with Crippen molar-refractivity contribution in [3.8, 4) is 0 Å². The third kappa shape index (κ3) is 1.80. The summed E-state index contributed by atoms with van der Waals surface area (Å²) in [7, 11) is 0. The fourth-order valence-corrected chi connectivity index (χ4v) is 2.01. The number of nitrogens with one attached hydrogen (secondary N) is 1. The molecule has 1 aromatic rings. The Labute approximate surface area is 84.7 Å². The van der Waals surface area contributed by atoms with Crippen molar-refractivity contribution in [1.82, 2.24) is 20.1 Å². The van der Waals surface area contributed by atoms with Crippen molar-refractivity contribution in [2.75, 3.05) is 13.1 Å². The molecular weight excluding hydrogens is 176 g/mol. The van der Waals surface area contributed by atoms with Crippen LogP contribution in [0.4, 0.5) is 0 Å². The zero-order valence-electron chi connectivity index (χ0n) is 8.90. The first-order valence-electron chi connectivity index (χ1n) is 5.39. The normalized spacial score (nSPS) is 22.9. The van der Waals surface area contributed by atoms with Crippen LogP contribution < -0.4 is 5.32 Å². The van der Waals surface area contributed by atoms with Gasteiger partial charge in [-0.25, -0.2) is 0 Å². The molecule has 1 aliphatic rings. The highest BCUT2D eigenvalue weighted by molar-refractivity contribution is 5.00. The van der Waals surface area contributed by atoms with Gasteiger partial charge in [0.25, 0.3) is 0 Å². The van der Waals surface area contributed by atoms with Gasteiger partial charge < -0.3 is 9.88 Å². The Morgan fingerprint density at radius 2 is 2.43 bits per heavy atom. The summed E-state index contributed by atoms with van der Waals surface area (Å²) >= 11 is 0. The molecule has 0 saturated carbocycles. The van der Waals surface area contributed by atoms with Crippen molar-refractivity contribution in [2.24, 2.45) is 0 Å². The molecule has 0 spiro atoms. The second kappa shape index (κ2) is 4.09. The van der Waals surface area contributed by atoms with Crippen LogP contribution in [0, 0.1) is 0 Å². The molecule has 1 saturated heterocycles. The van der Waals surface area contributed by atoms with Crippen LogP contribution in [0.25, 0.3) is 0 Å². The number of hydrogen-bond donors (Lipinski definition) is 1. The molecule has 1 unspecified atom stereocenters. The molecule has 4 nitrogen and oxygen atoms in total. The van der Waals surface area contributed by atoms with Crippen molar-refractivity contribution in [2.45, 2.75) is 38.6 Å². The van der Waals surface area contributed by atoms with Gasteiger partial charge >= 0.3 is 0 Å². The molecule has 1 N–H and O–H groups in total. The maximum absolute atomic E-state index is 4.23. The largest absolute Gasteiger partial charge is 0.316 e. The predicted molar refractivity (Wildman–Crippen MR) is 55.3 cm³/mol. The molecule has 0 aliphatic carbocycles. The Morgan fingerprint density at radius 3 is 3.07 bits per heavy atom. The van der Waals surface area contributed by atoms with E-state index in [0.717, 1.165) is 18.9 Å². The summed E-state index contributed by atoms with van der Waals surface area (Å²) < 4.78 is 2.18. The van der Waals surface area contributed by atoms with E-state index in [9.17, 15) is 0 Å². The van der Waals surface area contributed by atoms with Crippen LogP contribution in [0.15, 0.2) is 6.33 Å². The Balaban J connectivity index is 2.17. The van der Waals surface area contributed by atoms with Gasteiger partial charge in [0.2, 0.25) is 0 Å². The number of piperidine rings is 1. The summed E-state index contributed by atoms with van der Waals surface area (Å²) in [6.45, 7) is 6.53. The first-order chi connectivity index (χ1) is 6.79. The second-order valence-corrected chi connectivity index (χ2v) is 4.23. The van der Waals surface area contributed by atoms with Crippen molar-refractivity contribution >= 4 is 0 Å². The van der Waals surface area contributed by atoms with E-state index in [-0.39, 0.29) is 0 Å². The second-order valence-electron chi connectivity index (χ2n) is 4.23. The van der Waals surface area contributed by atoms with E-state index in [0.29, 0.717) is 12.0 Å². The highest BCUT2D eigenvalue weighted by atomic mass is 15.3. The molecular formula is C10H18N4. The summed E-state index contributed by atoms with van der Waals surface area (Å²) in [5.41, 5.74) is 0. The van der Waals surface area contributed by atoms with Gasteiger partial charge in [-0.2, -0.15) is 0 Å². The molecule has 0 radical (unpaired) electrons. The summed E-state index contributed by atoms with van der Waals surface area (Å²) in [4.78, 5) is 0. The van der Waals surface area contributed by atoms with Gasteiger partial charge in [-0.1, -0.05) is 0 Å². The minimum Gasteiger partial charge on any atom is -0.316 e. The van der Waals surface area contributed by atoms with E-state index in [4.69, 9.17) is 0 Å². The van der Waals surface area contributed by atoms with E-state index >= 15 is 0 Å². The molecule has 1 fully saturated rings. The average molecular weight is 194 g/mol. The van der Waals surface area contributed by atoms with Crippen LogP contribution >= 0.6 is 0 Å². The maximum atomic E-state index is 4.23. The lowest BCUT2D eigenvalue weighted by Gasteiger charge is -2.23. The molecule has 1 atom stereocenters. The van der Waals surface area contributed by atoms with Crippen molar-refractivity contribution in [3.05, 3.63) is 12.2 Å². The van der Waals surface area contributed by atoms with E-state index < -0.39 is 0 Å². The minimum absolute atomic E-state index is 0.460. The van der Waals surface area contributed by atoms with E-state index in [2.05, 4.69) is 33.9 Å². The van der Waals surface area contributed by atoms with Gasteiger partial charge in [-0.05, 0) is 33.2 Å². The Morgan fingerprint density at radius 1 is 1.57 bits per heavy atom. The molecule has 1 aliphatic heterocycles. The topological polar surface area (TPSA) is 42.7 Å². The van der Waals surface area contributed by atoms with Gasteiger partial charge in [-0.3, -0.25) is 0 Å². The lowest BCUT2D eigenvalue weighted by Crippen LogP contribution is -2.30. The highest BCUT2D eigenvalue weighted by Gasteiger charge is 2.21. The number of rotatable bonds is 2. The van der Waals surface area contributed by atoms with Crippen molar-refractivity contribution in [3.63, 3.8) is 0 Å². The van der Waals surface area contributed by atoms with Crippen LogP contribution in [0.1, 0.15) is 44.5 Å². The SMILES string of the molecule is CC(C)n1cnnc1C1CCCNC1. The standard InChI is InChI=1S/C10H18N4/c1-8(2)14-7-12-13-10(14)9-4-3-5-11-6-9/h7-9,11H,3-6H2,1-2H3. The molecule has 14 heavy (non-hydrogen) atoms. The molecule has 0 bridgehead atoms. The zero-order chi connectivity index (χ0) is 9.97. The average Bonchev–Trinajstić information content (AvgIpc) is 2.67. The van der Waals surface area contributed by atoms with Gasteiger partial charge in [-0.15, -0.1) is 10.2 Å². The summed E-state index contributed by atoms with van der Waals surface area (Å²) in [6, 6.07) is 0.460. The maximum Gasteiger partial charge on any atom is 0.137 e. The summed E-state index contributed by atoms with van der Waals surface area (Å²) in [6.07, 6.45) is 4.32. The number of aromatic nitrogens is 3. The van der Waals surface area contributed by atoms with Crippen molar-refractivity contribution in [1.29, 1.82) is 0 Å². The number of hydrogen-bond acceptors (Lipinski definition) is 3. The molecule has 4 heteroatoms. The summed E-state index contributed by atoms with van der Waals surface area (Å²) in [5.74, 6) is 1.70. The minimum atomic E-state index is 0.460. The van der Waals surface area contributed by atoms with E-state index in [1.165, 1.54) is 12.8 Å². The number of nitrogens with zero attached hydrogens (tertiary/aromatic N) is 3. The van der Waals surface area contributed by atoms with Gasteiger partial charge in [0.1, 0.15) is 12.2 Å².